The molecule has 0 saturated heterocycles. The van der Waals surface area contributed by atoms with Gasteiger partial charge in [-0.2, -0.15) is 0 Å². The highest BCUT2D eigenvalue weighted by atomic mass is 32.1. The molecule has 1 N–H and O–H groups in total. The van der Waals surface area contributed by atoms with Gasteiger partial charge in [-0.3, -0.25) is 0 Å². The van der Waals surface area contributed by atoms with Crippen LogP contribution >= 0.6 is 11.3 Å². The van der Waals surface area contributed by atoms with Crippen LogP contribution in [-0.4, -0.2) is 17.6 Å². The highest BCUT2D eigenvalue weighted by molar-refractivity contribution is 7.09. The molecule has 2 rings (SSSR count). The minimum absolute atomic E-state index is 0.285. The molecule has 0 amide bonds. The first-order valence-corrected chi connectivity index (χ1v) is 8.57. The van der Waals surface area contributed by atoms with Gasteiger partial charge in [0.05, 0.1) is 10.7 Å². The third-order valence-electron chi connectivity index (χ3n) is 3.61. The summed E-state index contributed by atoms with van der Waals surface area (Å²) in [4.78, 5) is 4.81. The largest absolute Gasteiger partial charge is 0.315 e. The first kappa shape index (κ1) is 16.2. The molecule has 1 aromatic carbocycles. The first-order valence-electron chi connectivity index (χ1n) is 7.69. The Balaban J connectivity index is 1.95. The normalized spacial score (nSPS) is 12.0. The van der Waals surface area contributed by atoms with Crippen LogP contribution in [-0.2, 0) is 6.42 Å². The van der Waals surface area contributed by atoms with E-state index in [1.165, 1.54) is 17.0 Å². The fourth-order valence-electron chi connectivity index (χ4n) is 2.33. The van der Waals surface area contributed by atoms with Gasteiger partial charge >= 0.3 is 0 Å². The van der Waals surface area contributed by atoms with E-state index in [-0.39, 0.29) is 5.41 Å². The van der Waals surface area contributed by atoms with Crippen molar-refractivity contribution in [2.24, 2.45) is 5.41 Å². The fraction of sp³-hybridized carbons (Fsp3) is 0.500. The molecule has 0 saturated carbocycles. The van der Waals surface area contributed by atoms with Crippen molar-refractivity contribution in [3.05, 3.63) is 40.7 Å². The van der Waals surface area contributed by atoms with Gasteiger partial charge in [0.2, 0.25) is 0 Å². The van der Waals surface area contributed by atoms with E-state index >= 15 is 0 Å². The van der Waals surface area contributed by atoms with Gasteiger partial charge in [-0.05, 0) is 18.4 Å². The Kier molecular flexibility index (Phi) is 5.54. The van der Waals surface area contributed by atoms with Gasteiger partial charge in [-0.1, -0.05) is 58.0 Å². The molecule has 0 unspecified atom stereocenters. The average molecular weight is 302 g/mol. The number of hydrogen-bond donors (Lipinski definition) is 1. The molecule has 0 atom stereocenters. The van der Waals surface area contributed by atoms with Gasteiger partial charge in [-0.25, -0.2) is 4.98 Å². The van der Waals surface area contributed by atoms with Crippen molar-refractivity contribution in [2.75, 3.05) is 6.54 Å². The predicted octanol–water partition coefficient (Wildman–Crippen LogP) is 4.77. The van der Waals surface area contributed by atoms with Crippen LogP contribution < -0.4 is 5.32 Å². The number of aromatic nitrogens is 1. The van der Waals surface area contributed by atoms with Crippen LogP contribution in [0.5, 0.6) is 0 Å². The second-order valence-corrected chi connectivity index (χ2v) is 7.63. The number of rotatable bonds is 7. The number of hydrogen-bond acceptors (Lipinski definition) is 3. The lowest BCUT2D eigenvalue weighted by Gasteiger charge is -2.24. The molecule has 0 aliphatic rings. The molecular weight excluding hydrogens is 276 g/mol. The highest BCUT2D eigenvalue weighted by Gasteiger charge is 2.20. The molecule has 0 aliphatic carbocycles. The summed E-state index contributed by atoms with van der Waals surface area (Å²) in [5.74, 6) is 0. The Labute approximate surface area is 132 Å². The van der Waals surface area contributed by atoms with E-state index in [2.05, 4.69) is 62.7 Å². The molecule has 1 heterocycles. The summed E-state index contributed by atoms with van der Waals surface area (Å²) >= 11 is 1.78. The van der Waals surface area contributed by atoms with E-state index in [1.54, 1.807) is 11.3 Å². The SMILES string of the molecule is CC(C)NCCC(C)(C)Cc1nc(-c2ccccc2)cs1. The number of thiazole rings is 1. The molecule has 1 aromatic heterocycles. The molecule has 0 aliphatic heterocycles. The van der Waals surface area contributed by atoms with Gasteiger partial charge in [0.15, 0.2) is 0 Å². The molecule has 2 aromatic rings. The molecule has 114 valence electrons. The lowest BCUT2D eigenvalue weighted by molar-refractivity contribution is 0.320. The Morgan fingerprint density at radius 3 is 2.57 bits per heavy atom. The van der Waals surface area contributed by atoms with Gasteiger partial charge in [0.25, 0.3) is 0 Å². The standard InChI is InChI=1S/C18H26N2S/c1-14(2)19-11-10-18(3,4)12-17-20-16(13-21-17)15-8-6-5-7-9-15/h5-9,13-14,19H,10-12H2,1-4H3. The summed E-state index contributed by atoms with van der Waals surface area (Å²) in [6.45, 7) is 10.1. The van der Waals surface area contributed by atoms with Crippen LogP contribution in [0.2, 0.25) is 0 Å². The second kappa shape index (κ2) is 7.19. The number of nitrogens with zero attached hydrogens (tertiary/aromatic N) is 1. The van der Waals surface area contributed by atoms with Crippen LogP contribution in [0.4, 0.5) is 0 Å². The summed E-state index contributed by atoms with van der Waals surface area (Å²) in [5.41, 5.74) is 2.60. The summed E-state index contributed by atoms with van der Waals surface area (Å²) in [7, 11) is 0. The van der Waals surface area contributed by atoms with E-state index in [9.17, 15) is 0 Å². The van der Waals surface area contributed by atoms with E-state index in [0.29, 0.717) is 6.04 Å². The van der Waals surface area contributed by atoms with E-state index in [4.69, 9.17) is 4.98 Å². The van der Waals surface area contributed by atoms with Crippen LogP contribution in [0.1, 0.15) is 39.1 Å². The van der Waals surface area contributed by atoms with Gasteiger partial charge in [-0.15, -0.1) is 11.3 Å². The summed E-state index contributed by atoms with van der Waals surface area (Å²) in [6, 6.07) is 11.0. The fourth-order valence-corrected chi connectivity index (χ4v) is 3.39. The third kappa shape index (κ3) is 5.25. The van der Waals surface area contributed by atoms with Crippen molar-refractivity contribution in [3.63, 3.8) is 0 Å². The average Bonchev–Trinajstić information content (AvgIpc) is 2.86. The Hall–Kier alpha value is -1.19. The molecule has 0 fully saturated rings. The Bertz CT molecular complexity index is 543. The van der Waals surface area contributed by atoms with Crippen LogP contribution in [0.25, 0.3) is 11.3 Å². The van der Waals surface area contributed by atoms with Crippen molar-refractivity contribution in [3.8, 4) is 11.3 Å². The minimum atomic E-state index is 0.285. The number of nitrogens with one attached hydrogen (secondary N) is 1. The maximum absolute atomic E-state index is 4.81. The van der Waals surface area contributed by atoms with Crippen molar-refractivity contribution in [2.45, 2.75) is 46.6 Å². The monoisotopic (exact) mass is 302 g/mol. The summed E-state index contributed by atoms with van der Waals surface area (Å²) < 4.78 is 0. The molecule has 2 nitrogen and oxygen atoms in total. The number of benzene rings is 1. The topological polar surface area (TPSA) is 24.9 Å². The van der Waals surface area contributed by atoms with Crippen LogP contribution in [0, 0.1) is 5.41 Å². The maximum Gasteiger partial charge on any atom is 0.0937 e. The maximum atomic E-state index is 4.81. The van der Waals surface area contributed by atoms with E-state index in [1.807, 2.05) is 6.07 Å². The summed E-state index contributed by atoms with van der Waals surface area (Å²) in [6.07, 6.45) is 2.22. The molecule has 3 heteroatoms. The zero-order chi connectivity index (χ0) is 15.3. The third-order valence-corrected chi connectivity index (χ3v) is 4.45. The Morgan fingerprint density at radius 2 is 1.90 bits per heavy atom. The van der Waals surface area contributed by atoms with E-state index < -0.39 is 0 Å². The molecule has 0 bridgehead atoms. The zero-order valence-electron chi connectivity index (χ0n) is 13.5. The smallest absolute Gasteiger partial charge is 0.0937 e. The second-order valence-electron chi connectivity index (χ2n) is 6.69. The van der Waals surface area contributed by atoms with E-state index in [0.717, 1.165) is 18.7 Å². The highest BCUT2D eigenvalue weighted by Crippen LogP contribution is 2.29. The predicted molar refractivity (Wildman–Crippen MR) is 92.8 cm³/mol. The first-order chi connectivity index (χ1) is 9.96. The van der Waals surface area contributed by atoms with Gasteiger partial charge in [0, 0.05) is 23.4 Å². The molecule has 0 radical (unpaired) electrons. The molecule has 21 heavy (non-hydrogen) atoms. The van der Waals surface area contributed by atoms with Gasteiger partial charge < -0.3 is 5.32 Å². The van der Waals surface area contributed by atoms with Crippen molar-refractivity contribution >= 4 is 11.3 Å². The quantitative estimate of drug-likeness (QED) is 0.797. The lowest BCUT2D eigenvalue weighted by Crippen LogP contribution is -2.28. The van der Waals surface area contributed by atoms with Crippen molar-refractivity contribution in [1.29, 1.82) is 0 Å². The Morgan fingerprint density at radius 1 is 1.19 bits per heavy atom. The van der Waals surface area contributed by atoms with Crippen molar-refractivity contribution in [1.82, 2.24) is 10.3 Å². The minimum Gasteiger partial charge on any atom is -0.315 e. The molecule has 0 spiro atoms. The van der Waals surface area contributed by atoms with Crippen LogP contribution in [0.3, 0.4) is 0 Å². The van der Waals surface area contributed by atoms with Crippen LogP contribution in [0.15, 0.2) is 35.7 Å². The van der Waals surface area contributed by atoms with Crippen molar-refractivity contribution < 1.29 is 0 Å². The zero-order valence-corrected chi connectivity index (χ0v) is 14.3. The lowest BCUT2D eigenvalue weighted by atomic mass is 9.86. The van der Waals surface area contributed by atoms with Gasteiger partial charge in [0.1, 0.15) is 0 Å². The summed E-state index contributed by atoms with van der Waals surface area (Å²) in [5, 5.41) is 6.91. The molecular formula is C18H26N2S.